The van der Waals surface area contributed by atoms with Crippen LogP contribution in [0.25, 0.3) is 22.0 Å². The van der Waals surface area contributed by atoms with Crippen LogP contribution < -0.4 is 4.57 Å². The van der Waals surface area contributed by atoms with Crippen molar-refractivity contribution in [2.75, 3.05) is 0 Å². The zero-order valence-electron chi connectivity index (χ0n) is 20.2. The molecule has 164 valence electrons. The minimum absolute atomic E-state index is 0.249. The highest BCUT2D eigenvalue weighted by Crippen LogP contribution is 2.57. The molecule has 0 amide bonds. The lowest BCUT2D eigenvalue weighted by atomic mass is 9.60. The molecule has 8 rings (SSSR count). The number of rotatable bonds is 1. The van der Waals surface area contributed by atoms with Gasteiger partial charge in [-0.2, -0.15) is 0 Å². The lowest BCUT2D eigenvalue weighted by Crippen LogP contribution is -2.37. The molecule has 1 heterocycles. The maximum atomic E-state index is 2.46. The summed E-state index contributed by atoms with van der Waals surface area (Å²) in [7, 11) is 2.21. The number of nitrogens with zero attached hydrogens (tertiary/aromatic N) is 1. The van der Waals surface area contributed by atoms with Crippen LogP contribution in [0.4, 0.5) is 0 Å². The number of fused-ring (bicyclic) bond motifs is 1. The third-order valence-corrected chi connectivity index (χ3v) is 8.25. The SMILES string of the molecule is Cc1cc(C)c(C)c(-c2c3c(cc[n+]2C)C2c4ccccc4C3c3cc4ccccc4cc32)c1. The van der Waals surface area contributed by atoms with Gasteiger partial charge in [-0.1, -0.05) is 60.2 Å². The van der Waals surface area contributed by atoms with Gasteiger partial charge in [-0.25, -0.2) is 4.57 Å². The van der Waals surface area contributed by atoms with E-state index in [0.717, 1.165) is 0 Å². The van der Waals surface area contributed by atoms with E-state index in [2.05, 4.69) is 117 Å². The second-order valence-corrected chi connectivity index (χ2v) is 10.2. The largest absolute Gasteiger partial charge is 0.217 e. The lowest BCUT2D eigenvalue weighted by molar-refractivity contribution is -0.660. The van der Waals surface area contributed by atoms with Crippen molar-refractivity contribution in [3.8, 4) is 11.3 Å². The first-order valence-corrected chi connectivity index (χ1v) is 12.2. The van der Waals surface area contributed by atoms with Crippen molar-refractivity contribution in [3.05, 3.63) is 135 Å². The van der Waals surface area contributed by atoms with Crippen molar-refractivity contribution in [1.29, 1.82) is 0 Å². The predicted octanol–water partition coefficient (Wildman–Crippen LogP) is 7.24. The Morgan fingerprint density at radius 2 is 1.24 bits per heavy atom. The molecule has 0 radical (unpaired) electrons. The minimum Gasteiger partial charge on any atom is -0.201 e. The van der Waals surface area contributed by atoms with Crippen molar-refractivity contribution in [2.24, 2.45) is 7.05 Å². The molecule has 5 aromatic rings. The van der Waals surface area contributed by atoms with Gasteiger partial charge in [0.05, 0.1) is 0 Å². The maximum absolute atomic E-state index is 2.46. The summed E-state index contributed by atoms with van der Waals surface area (Å²) in [6.45, 7) is 6.73. The van der Waals surface area contributed by atoms with E-state index >= 15 is 0 Å². The molecule has 0 fully saturated rings. The average Bonchev–Trinajstić information content (AvgIpc) is 2.84. The van der Waals surface area contributed by atoms with Gasteiger partial charge in [0.15, 0.2) is 6.20 Å². The van der Waals surface area contributed by atoms with Gasteiger partial charge in [-0.15, -0.1) is 0 Å². The van der Waals surface area contributed by atoms with Crippen LogP contribution in [0.2, 0.25) is 0 Å². The summed E-state index contributed by atoms with van der Waals surface area (Å²) in [6.07, 6.45) is 2.27. The molecule has 2 atom stereocenters. The lowest BCUT2D eigenvalue weighted by Gasteiger charge is -2.42. The Balaban J connectivity index is 1.61. The van der Waals surface area contributed by atoms with E-state index in [4.69, 9.17) is 0 Å². The molecule has 0 spiro atoms. The summed E-state index contributed by atoms with van der Waals surface area (Å²) >= 11 is 0. The molecule has 3 aliphatic carbocycles. The average molecular weight is 439 g/mol. The van der Waals surface area contributed by atoms with Gasteiger partial charge < -0.3 is 0 Å². The Morgan fingerprint density at radius 3 is 1.94 bits per heavy atom. The highest BCUT2D eigenvalue weighted by atomic mass is 14.9. The molecule has 1 heteroatoms. The van der Waals surface area contributed by atoms with E-state index in [0.29, 0.717) is 0 Å². The van der Waals surface area contributed by atoms with E-state index < -0.39 is 0 Å². The number of aryl methyl sites for hydroxylation is 3. The number of hydrogen-bond acceptors (Lipinski definition) is 0. The summed E-state index contributed by atoms with van der Waals surface area (Å²) in [5.74, 6) is 0.528. The Kier molecular flexibility index (Phi) is 4.00. The zero-order valence-corrected chi connectivity index (χ0v) is 20.2. The van der Waals surface area contributed by atoms with Crippen LogP contribution in [0.1, 0.15) is 61.9 Å². The summed E-state index contributed by atoms with van der Waals surface area (Å²) in [5, 5.41) is 2.66. The number of aromatic nitrogens is 1. The summed E-state index contributed by atoms with van der Waals surface area (Å²) in [6, 6.07) is 29.9. The molecule has 0 N–H and O–H groups in total. The highest BCUT2D eigenvalue weighted by Gasteiger charge is 2.45. The first-order valence-electron chi connectivity index (χ1n) is 12.2. The third-order valence-electron chi connectivity index (χ3n) is 8.25. The quantitative estimate of drug-likeness (QED) is 0.238. The standard InChI is InChI=1S/C33H28N/c1-19-15-20(2)21(3)27(16-19)33-32-26(13-14-34(33)4)30-24-11-7-8-12-25(24)31(32)29-18-23-10-6-5-9-22(23)17-28(29)30/h5-18,30-31H,1-4H3/q+1. The Morgan fingerprint density at radius 1 is 0.618 bits per heavy atom. The molecule has 1 aromatic heterocycles. The molecule has 3 aliphatic rings. The van der Waals surface area contributed by atoms with Crippen molar-refractivity contribution in [2.45, 2.75) is 32.6 Å². The normalized spacial score (nSPS) is 17.4. The predicted molar refractivity (Wildman–Crippen MR) is 140 cm³/mol. The van der Waals surface area contributed by atoms with Crippen molar-refractivity contribution in [3.63, 3.8) is 0 Å². The molecular weight excluding hydrogens is 410 g/mol. The molecule has 0 saturated heterocycles. The Bertz CT molecular complexity index is 1660. The Hall–Kier alpha value is -3.71. The van der Waals surface area contributed by atoms with Crippen LogP contribution in [0.3, 0.4) is 0 Å². The number of pyridine rings is 1. The van der Waals surface area contributed by atoms with E-state index in [1.807, 2.05) is 0 Å². The molecular formula is C33H28N+. The van der Waals surface area contributed by atoms with Gasteiger partial charge in [0.1, 0.15) is 7.05 Å². The molecule has 4 aromatic carbocycles. The number of benzene rings is 4. The molecule has 1 nitrogen and oxygen atoms in total. The molecule has 0 saturated carbocycles. The smallest absolute Gasteiger partial charge is 0.201 e. The van der Waals surface area contributed by atoms with E-state index in [9.17, 15) is 0 Å². The summed E-state index contributed by atoms with van der Waals surface area (Å²) in [4.78, 5) is 0. The fourth-order valence-electron chi connectivity index (χ4n) is 6.65. The fourth-order valence-corrected chi connectivity index (χ4v) is 6.65. The third kappa shape index (κ3) is 2.53. The van der Waals surface area contributed by atoms with Crippen molar-refractivity contribution < 1.29 is 4.57 Å². The van der Waals surface area contributed by atoms with Crippen LogP contribution in [-0.4, -0.2) is 0 Å². The zero-order chi connectivity index (χ0) is 23.1. The van der Waals surface area contributed by atoms with Crippen LogP contribution in [0, 0.1) is 20.8 Å². The van der Waals surface area contributed by atoms with Crippen molar-refractivity contribution >= 4 is 10.8 Å². The van der Waals surface area contributed by atoms with E-state index in [-0.39, 0.29) is 11.8 Å². The fraction of sp³-hybridized carbons (Fsp3) is 0.182. The highest BCUT2D eigenvalue weighted by molar-refractivity contribution is 5.87. The molecule has 2 unspecified atom stereocenters. The van der Waals surface area contributed by atoms with Gasteiger partial charge in [0, 0.05) is 29.0 Å². The van der Waals surface area contributed by atoms with Gasteiger partial charge in [-0.3, -0.25) is 0 Å². The van der Waals surface area contributed by atoms with Crippen LogP contribution in [0.5, 0.6) is 0 Å². The Labute approximate surface area is 201 Å². The second kappa shape index (κ2) is 6.90. The van der Waals surface area contributed by atoms with E-state index in [1.165, 1.54) is 72.1 Å². The van der Waals surface area contributed by atoms with Crippen LogP contribution >= 0.6 is 0 Å². The molecule has 2 bridgehead atoms. The number of hydrogen-bond donors (Lipinski definition) is 0. The monoisotopic (exact) mass is 438 g/mol. The summed E-state index contributed by atoms with van der Waals surface area (Å²) in [5.41, 5.74) is 15.7. The van der Waals surface area contributed by atoms with Crippen molar-refractivity contribution in [1.82, 2.24) is 0 Å². The van der Waals surface area contributed by atoms with E-state index in [1.54, 1.807) is 0 Å². The topological polar surface area (TPSA) is 3.88 Å². The van der Waals surface area contributed by atoms with Gasteiger partial charge >= 0.3 is 0 Å². The first-order chi connectivity index (χ1) is 16.5. The first kappa shape index (κ1) is 19.7. The second-order valence-electron chi connectivity index (χ2n) is 10.2. The minimum atomic E-state index is 0.249. The molecule has 34 heavy (non-hydrogen) atoms. The van der Waals surface area contributed by atoms with Crippen LogP contribution in [-0.2, 0) is 7.05 Å². The van der Waals surface area contributed by atoms with Gasteiger partial charge in [0.25, 0.3) is 0 Å². The van der Waals surface area contributed by atoms with Crippen LogP contribution in [0.15, 0.2) is 85.1 Å². The van der Waals surface area contributed by atoms with Gasteiger partial charge in [0.2, 0.25) is 5.69 Å². The molecule has 0 aliphatic heterocycles. The van der Waals surface area contributed by atoms with Gasteiger partial charge in [-0.05, 0) is 88.7 Å². The maximum Gasteiger partial charge on any atom is 0.217 e. The summed E-state index contributed by atoms with van der Waals surface area (Å²) < 4.78 is 2.35.